The number of sulfonamides is 1. The highest BCUT2D eigenvalue weighted by Crippen LogP contribution is 2.18. The van der Waals surface area contributed by atoms with Crippen LogP contribution < -0.4 is 15.4 Å². The van der Waals surface area contributed by atoms with Crippen molar-refractivity contribution in [3.05, 3.63) is 69.0 Å². The second-order valence-corrected chi connectivity index (χ2v) is 9.58. The molecule has 0 aliphatic carbocycles. The van der Waals surface area contributed by atoms with Crippen LogP contribution in [0.5, 0.6) is 0 Å². The highest BCUT2D eigenvalue weighted by molar-refractivity contribution is 14.1. The van der Waals surface area contributed by atoms with Gasteiger partial charge in [-0.15, -0.1) is 0 Å². The Kier molecular flexibility index (Phi) is 6.73. The van der Waals surface area contributed by atoms with Gasteiger partial charge in [0.15, 0.2) is 10.9 Å². The molecular formula is C19H17IN4O4S2. The zero-order valence-electron chi connectivity index (χ0n) is 15.9. The summed E-state index contributed by atoms with van der Waals surface area (Å²) in [5.74, 6) is 0.254. The average molecular weight is 556 g/mol. The second kappa shape index (κ2) is 9.10. The molecule has 0 aliphatic heterocycles. The average Bonchev–Trinajstić information content (AvgIpc) is 3.08. The Morgan fingerprint density at radius 2 is 1.80 bits per heavy atom. The zero-order valence-corrected chi connectivity index (χ0v) is 19.7. The van der Waals surface area contributed by atoms with Crippen LogP contribution in [0.4, 0.5) is 11.5 Å². The first kappa shape index (κ1) is 22.2. The topological polar surface area (TPSA) is 113 Å². The lowest BCUT2D eigenvalue weighted by Crippen LogP contribution is -2.34. The standard InChI is InChI=1S/C19H17IN4O4S2/c1-11-3-4-13(10-16(11)20)18(25)22-19(29)21-14-5-7-15(8-6-14)30(26,27)24-17-9-12(2)28-23-17/h3-10H,1-2H3,(H,23,24)(H2,21,22,25,29). The Hall–Kier alpha value is -2.51. The van der Waals surface area contributed by atoms with E-state index in [9.17, 15) is 13.2 Å². The molecule has 11 heteroatoms. The van der Waals surface area contributed by atoms with Gasteiger partial charge in [-0.25, -0.2) is 8.42 Å². The Bertz CT molecular complexity index is 1210. The second-order valence-electron chi connectivity index (χ2n) is 6.32. The summed E-state index contributed by atoms with van der Waals surface area (Å²) < 4.78 is 33.0. The van der Waals surface area contributed by atoms with E-state index < -0.39 is 10.0 Å². The van der Waals surface area contributed by atoms with Crippen molar-refractivity contribution in [3.63, 3.8) is 0 Å². The molecule has 156 valence electrons. The lowest BCUT2D eigenvalue weighted by atomic mass is 10.1. The van der Waals surface area contributed by atoms with Gasteiger partial charge in [0.25, 0.3) is 15.9 Å². The van der Waals surface area contributed by atoms with E-state index in [2.05, 4.69) is 43.1 Å². The van der Waals surface area contributed by atoms with Crippen molar-refractivity contribution in [2.24, 2.45) is 0 Å². The number of rotatable bonds is 5. The maximum atomic E-state index is 12.4. The number of amides is 1. The quantitative estimate of drug-likeness (QED) is 0.324. The van der Waals surface area contributed by atoms with Crippen molar-refractivity contribution in [1.82, 2.24) is 10.5 Å². The smallest absolute Gasteiger partial charge is 0.263 e. The van der Waals surface area contributed by atoms with Crippen LogP contribution in [0.1, 0.15) is 21.7 Å². The number of aromatic nitrogens is 1. The minimum atomic E-state index is -3.81. The molecule has 0 radical (unpaired) electrons. The summed E-state index contributed by atoms with van der Waals surface area (Å²) in [6.07, 6.45) is 0. The van der Waals surface area contributed by atoms with Crippen LogP contribution in [0, 0.1) is 17.4 Å². The highest BCUT2D eigenvalue weighted by atomic mass is 127. The van der Waals surface area contributed by atoms with Crippen LogP contribution in [0.25, 0.3) is 0 Å². The third kappa shape index (κ3) is 5.55. The van der Waals surface area contributed by atoms with Crippen molar-refractivity contribution in [1.29, 1.82) is 0 Å². The molecule has 3 aromatic rings. The lowest BCUT2D eigenvalue weighted by Gasteiger charge is -2.11. The number of anilines is 2. The molecule has 30 heavy (non-hydrogen) atoms. The molecular weight excluding hydrogens is 539 g/mol. The van der Waals surface area contributed by atoms with Crippen molar-refractivity contribution in [3.8, 4) is 0 Å². The Morgan fingerprint density at radius 1 is 1.10 bits per heavy atom. The highest BCUT2D eigenvalue weighted by Gasteiger charge is 2.16. The molecule has 0 spiro atoms. The molecule has 0 aliphatic rings. The minimum absolute atomic E-state index is 0.0397. The summed E-state index contributed by atoms with van der Waals surface area (Å²) in [6.45, 7) is 3.62. The van der Waals surface area contributed by atoms with Crippen LogP contribution in [-0.4, -0.2) is 24.6 Å². The van der Waals surface area contributed by atoms with Gasteiger partial charge in [-0.1, -0.05) is 11.2 Å². The van der Waals surface area contributed by atoms with E-state index in [1.807, 2.05) is 13.0 Å². The first-order valence-corrected chi connectivity index (χ1v) is 11.6. The Balaban J connectivity index is 1.62. The molecule has 0 fully saturated rings. The first-order valence-electron chi connectivity index (χ1n) is 8.59. The molecule has 0 atom stereocenters. The number of aryl methyl sites for hydroxylation is 2. The molecule has 3 rings (SSSR count). The molecule has 0 unspecified atom stereocenters. The van der Waals surface area contributed by atoms with E-state index in [1.54, 1.807) is 19.1 Å². The number of benzene rings is 2. The third-order valence-electron chi connectivity index (χ3n) is 3.95. The van der Waals surface area contributed by atoms with Crippen molar-refractivity contribution < 1.29 is 17.7 Å². The van der Waals surface area contributed by atoms with Crippen LogP contribution in [-0.2, 0) is 10.0 Å². The number of thiocarbonyl (C=S) groups is 1. The fraction of sp³-hybridized carbons (Fsp3) is 0.105. The monoisotopic (exact) mass is 556 g/mol. The number of carbonyl (C=O) groups excluding carboxylic acids is 1. The lowest BCUT2D eigenvalue weighted by molar-refractivity contribution is 0.0977. The maximum absolute atomic E-state index is 12.4. The van der Waals surface area contributed by atoms with E-state index in [0.29, 0.717) is 17.0 Å². The van der Waals surface area contributed by atoms with Gasteiger partial charge in [-0.3, -0.25) is 14.8 Å². The Morgan fingerprint density at radius 3 is 2.40 bits per heavy atom. The third-order valence-corrected chi connectivity index (χ3v) is 6.69. The molecule has 0 saturated carbocycles. The predicted octanol–water partition coefficient (Wildman–Crippen LogP) is 3.82. The van der Waals surface area contributed by atoms with E-state index in [1.165, 1.54) is 30.3 Å². The van der Waals surface area contributed by atoms with Gasteiger partial charge in [0.2, 0.25) is 0 Å². The normalized spacial score (nSPS) is 11.0. The van der Waals surface area contributed by atoms with E-state index in [-0.39, 0.29) is 21.7 Å². The predicted molar refractivity (Wildman–Crippen MR) is 126 cm³/mol. The zero-order chi connectivity index (χ0) is 21.9. The summed E-state index contributed by atoms with van der Waals surface area (Å²) in [4.78, 5) is 12.4. The minimum Gasteiger partial charge on any atom is -0.360 e. The van der Waals surface area contributed by atoms with Gasteiger partial charge in [0.05, 0.1) is 4.90 Å². The molecule has 8 nitrogen and oxygen atoms in total. The van der Waals surface area contributed by atoms with Gasteiger partial charge < -0.3 is 9.84 Å². The van der Waals surface area contributed by atoms with Crippen LogP contribution in [0.15, 0.2) is 57.9 Å². The summed E-state index contributed by atoms with van der Waals surface area (Å²) in [7, 11) is -3.81. The summed E-state index contributed by atoms with van der Waals surface area (Å²) in [5.41, 5.74) is 2.09. The fourth-order valence-electron chi connectivity index (χ4n) is 2.40. The van der Waals surface area contributed by atoms with Crippen LogP contribution in [0.3, 0.4) is 0 Å². The summed E-state index contributed by atoms with van der Waals surface area (Å²) >= 11 is 7.33. The number of halogens is 1. The fourth-order valence-corrected chi connectivity index (χ4v) is 4.11. The number of hydrogen-bond acceptors (Lipinski definition) is 6. The van der Waals surface area contributed by atoms with E-state index >= 15 is 0 Å². The molecule has 1 amide bonds. The molecule has 1 heterocycles. The molecule has 0 saturated heterocycles. The van der Waals surface area contributed by atoms with Gasteiger partial charge in [-0.2, -0.15) is 0 Å². The van der Waals surface area contributed by atoms with Gasteiger partial charge >= 0.3 is 0 Å². The maximum Gasteiger partial charge on any atom is 0.263 e. The summed E-state index contributed by atoms with van der Waals surface area (Å²) in [5, 5.41) is 9.17. The van der Waals surface area contributed by atoms with E-state index in [0.717, 1.165) is 9.13 Å². The van der Waals surface area contributed by atoms with E-state index in [4.69, 9.17) is 16.7 Å². The van der Waals surface area contributed by atoms with Crippen molar-refractivity contribution >= 4 is 67.4 Å². The summed E-state index contributed by atoms with van der Waals surface area (Å²) in [6, 6.07) is 12.7. The van der Waals surface area contributed by atoms with Gasteiger partial charge in [0, 0.05) is 20.9 Å². The largest absolute Gasteiger partial charge is 0.360 e. The van der Waals surface area contributed by atoms with Gasteiger partial charge in [0.1, 0.15) is 5.76 Å². The first-order chi connectivity index (χ1) is 14.1. The van der Waals surface area contributed by atoms with Crippen molar-refractivity contribution in [2.75, 3.05) is 10.0 Å². The SMILES string of the molecule is Cc1cc(NS(=O)(=O)c2ccc(NC(=S)NC(=O)c3ccc(C)c(I)c3)cc2)no1. The molecule has 3 N–H and O–H groups in total. The molecule has 1 aromatic heterocycles. The molecule has 0 bridgehead atoms. The number of carbonyl (C=O) groups is 1. The van der Waals surface area contributed by atoms with Crippen LogP contribution >= 0.6 is 34.8 Å². The van der Waals surface area contributed by atoms with Crippen LogP contribution in [0.2, 0.25) is 0 Å². The van der Waals surface area contributed by atoms with Gasteiger partial charge in [-0.05, 0) is 90.6 Å². The number of nitrogens with zero attached hydrogens (tertiary/aromatic N) is 1. The Labute approximate surface area is 192 Å². The van der Waals surface area contributed by atoms with Crippen molar-refractivity contribution in [2.45, 2.75) is 18.7 Å². The number of hydrogen-bond donors (Lipinski definition) is 3. The molecule has 2 aromatic carbocycles. The number of nitrogens with one attached hydrogen (secondary N) is 3.